The van der Waals surface area contributed by atoms with Crippen molar-refractivity contribution in [1.82, 2.24) is 19.7 Å². The van der Waals surface area contributed by atoms with Gasteiger partial charge in [0.15, 0.2) is 0 Å². The molecule has 1 aromatic heterocycles. The number of hydrogen-bond donors (Lipinski definition) is 0. The van der Waals surface area contributed by atoms with E-state index in [9.17, 15) is 4.79 Å². The van der Waals surface area contributed by atoms with E-state index in [-0.39, 0.29) is 6.04 Å². The summed E-state index contributed by atoms with van der Waals surface area (Å²) in [6.07, 6.45) is 3.58. The molecule has 6 heteroatoms. The van der Waals surface area contributed by atoms with Gasteiger partial charge in [-0.25, -0.2) is 4.98 Å². The lowest BCUT2D eigenvalue weighted by Gasteiger charge is -2.39. The van der Waals surface area contributed by atoms with Gasteiger partial charge in [0, 0.05) is 56.3 Å². The molecule has 2 aromatic rings. The summed E-state index contributed by atoms with van der Waals surface area (Å²) in [5.41, 5.74) is 2.34. The summed E-state index contributed by atoms with van der Waals surface area (Å²) < 4.78 is 0. The number of amides is 1. The molecule has 3 heterocycles. The predicted octanol–water partition coefficient (Wildman–Crippen LogP) is 3.64. The fourth-order valence-electron chi connectivity index (χ4n) is 4.33. The van der Waals surface area contributed by atoms with E-state index in [1.807, 2.05) is 17.4 Å². The number of aryl methyl sites for hydroxylation is 1. The van der Waals surface area contributed by atoms with Crippen LogP contribution in [0.2, 0.25) is 0 Å². The molecule has 1 atom stereocenters. The maximum absolute atomic E-state index is 12.8. The number of piperidine rings is 1. The minimum Gasteiger partial charge on any atom is -0.341 e. The van der Waals surface area contributed by atoms with Crippen molar-refractivity contribution < 1.29 is 4.79 Å². The molecule has 0 N–H and O–H groups in total. The maximum atomic E-state index is 12.8. The second kappa shape index (κ2) is 9.37. The topological polar surface area (TPSA) is 39.7 Å². The van der Waals surface area contributed by atoms with Crippen LogP contribution >= 0.6 is 11.3 Å². The molecule has 0 radical (unpaired) electrons. The van der Waals surface area contributed by atoms with Crippen LogP contribution in [0.15, 0.2) is 30.3 Å². The van der Waals surface area contributed by atoms with Gasteiger partial charge in [-0.15, -0.1) is 11.3 Å². The maximum Gasteiger partial charge on any atom is 0.239 e. The molecule has 29 heavy (non-hydrogen) atoms. The number of benzene rings is 1. The third-order valence-electron chi connectivity index (χ3n) is 6.26. The monoisotopic (exact) mass is 412 g/mol. The molecular formula is C23H32N4OS. The van der Waals surface area contributed by atoms with Gasteiger partial charge >= 0.3 is 0 Å². The van der Waals surface area contributed by atoms with Crippen LogP contribution in [0.1, 0.15) is 36.8 Å². The highest BCUT2D eigenvalue weighted by Crippen LogP contribution is 2.29. The van der Waals surface area contributed by atoms with E-state index in [1.54, 1.807) is 0 Å². The number of thiazole rings is 1. The Labute approximate surface area is 178 Å². The molecule has 1 aromatic carbocycles. The Morgan fingerprint density at radius 2 is 1.72 bits per heavy atom. The van der Waals surface area contributed by atoms with Gasteiger partial charge in [0.05, 0.1) is 11.7 Å². The first-order chi connectivity index (χ1) is 14.1. The largest absolute Gasteiger partial charge is 0.341 e. The zero-order valence-corrected chi connectivity index (χ0v) is 18.5. The van der Waals surface area contributed by atoms with Gasteiger partial charge in [-0.2, -0.15) is 0 Å². The van der Waals surface area contributed by atoms with Gasteiger partial charge in [-0.3, -0.25) is 14.6 Å². The van der Waals surface area contributed by atoms with Crippen LogP contribution < -0.4 is 0 Å². The first kappa shape index (κ1) is 20.5. The first-order valence-electron chi connectivity index (χ1n) is 10.9. The Bertz CT molecular complexity index is 808. The highest BCUT2D eigenvalue weighted by molar-refractivity contribution is 7.15. The summed E-state index contributed by atoms with van der Waals surface area (Å²) >= 11 is 1.81. The lowest BCUT2D eigenvalue weighted by molar-refractivity contribution is -0.138. The van der Waals surface area contributed by atoms with E-state index in [1.165, 1.54) is 16.9 Å². The minimum atomic E-state index is 0.00470. The normalized spacial score (nSPS) is 20.0. The highest BCUT2D eigenvalue weighted by atomic mass is 32.1. The molecule has 156 valence electrons. The van der Waals surface area contributed by atoms with Crippen molar-refractivity contribution >= 4 is 17.2 Å². The second-order valence-electron chi connectivity index (χ2n) is 8.27. The third-order valence-corrected chi connectivity index (χ3v) is 7.45. The molecule has 0 bridgehead atoms. The summed E-state index contributed by atoms with van der Waals surface area (Å²) in [7, 11) is 0. The van der Waals surface area contributed by atoms with Gasteiger partial charge < -0.3 is 4.90 Å². The van der Waals surface area contributed by atoms with Gasteiger partial charge in [-0.05, 0) is 33.1 Å². The van der Waals surface area contributed by atoms with E-state index in [0.29, 0.717) is 5.91 Å². The van der Waals surface area contributed by atoms with Crippen LogP contribution in [-0.4, -0.2) is 70.9 Å². The molecule has 1 unspecified atom stereocenters. The van der Waals surface area contributed by atoms with Crippen LogP contribution in [0.4, 0.5) is 0 Å². The number of piperazine rings is 1. The zero-order chi connectivity index (χ0) is 20.2. The number of likely N-dealkylation sites (tertiary alicyclic amines) is 1. The molecule has 2 aliphatic heterocycles. The summed E-state index contributed by atoms with van der Waals surface area (Å²) in [6, 6.07) is 10.4. The van der Waals surface area contributed by atoms with Gasteiger partial charge in [0.1, 0.15) is 5.01 Å². The van der Waals surface area contributed by atoms with Crippen molar-refractivity contribution in [3.8, 4) is 10.6 Å². The van der Waals surface area contributed by atoms with E-state index in [2.05, 4.69) is 52.8 Å². The van der Waals surface area contributed by atoms with Crippen LogP contribution in [0.3, 0.4) is 0 Å². The van der Waals surface area contributed by atoms with Crippen molar-refractivity contribution in [2.24, 2.45) is 0 Å². The molecule has 2 saturated heterocycles. The Balaban J connectivity index is 1.31. The fraction of sp³-hybridized carbons (Fsp3) is 0.565. The SMILES string of the molecule is Cc1nc(-c2ccccc2)sc1CN1CCN(C(C)C(=O)N2CCCCC2)CC1. The smallest absolute Gasteiger partial charge is 0.239 e. The lowest BCUT2D eigenvalue weighted by Crippen LogP contribution is -2.54. The highest BCUT2D eigenvalue weighted by Gasteiger charge is 2.29. The van der Waals surface area contributed by atoms with Crippen LogP contribution in [-0.2, 0) is 11.3 Å². The molecule has 5 nitrogen and oxygen atoms in total. The molecule has 2 fully saturated rings. The standard InChI is InChI=1S/C23H32N4OS/c1-18-21(29-22(24-18)20-9-5-3-6-10-20)17-25-13-15-26(16-14-25)19(2)23(28)27-11-7-4-8-12-27/h3,5-6,9-10,19H,4,7-8,11-17H2,1-2H3. The Morgan fingerprint density at radius 3 is 2.41 bits per heavy atom. The van der Waals surface area contributed by atoms with Gasteiger partial charge in [0.25, 0.3) is 0 Å². The summed E-state index contributed by atoms with van der Waals surface area (Å²) in [4.78, 5) is 25.9. The van der Waals surface area contributed by atoms with E-state index in [4.69, 9.17) is 4.98 Å². The van der Waals surface area contributed by atoms with Gasteiger partial charge in [0.2, 0.25) is 5.91 Å². The molecule has 4 rings (SSSR count). The Kier molecular flexibility index (Phi) is 6.63. The summed E-state index contributed by atoms with van der Waals surface area (Å²) in [5.74, 6) is 0.323. The van der Waals surface area contributed by atoms with Crippen molar-refractivity contribution in [1.29, 1.82) is 0 Å². The zero-order valence-electron chi connectivity index (χ0n) is 17.6. The van der Waals surface area contributed by atoms with Crippen molar-refractivity contribution in [2.45, 2.75) is 45.7 Å². The average molecular weight is 413 g/mol. The average Bonchev–Trinajstić information content (AvgIpc) is 3.14. The third kappa shape index (κ3) is 4.87. The van der Waals surface area contributed by atoms with Gasteiger partial charge in [-0.1, -0.05) is 30.3 Å². The first-order valence-corrected chi connectivity index (χ1v) is 11.7. The second-order valence-corrected chi connectivity index (χ2v) is 9.35. The lowest BCUT2D eigenvalue weighted by atomic mass is 10.1. The van der Waals surface area contributed by atoms with E-state index < -0.39 is 0 Å². The van der Waals surface area contributed by atoms with Crippen molar-refractivity contribution in [3.05, 3.63) is 40.9 Å². The quantitative estimate of drug-likeness (QED) is 0.752. The summed E-state index contributed by atoms with van der Waals surface area (Å²) in [6.45, 7) is 11.0. The number of carbonyl (C=O) groups excluding carboxylic acids is 1. The molecule has 1 amide bonds. The van der Waals surface area contributed by atoms with Crippen molar-refractivity contribution in [2.75, 3.05) is 39.3 Å². The van der Waals surface area contributed by atoms with Crippen LogP contribution in [0, 0.1) is 6.92 Å². The Morgan fingerprint density at radius 1 is 1.03 bits per heavy atom. The molecular weight excluding hydrogens is 380 g/mol. The fourth-order valence-corrected chi connectivity index (χ4v) is 5.44. The Hall–Kier alpha value is -1.76. The minimum absolute atomic E-state index is 0.00470. The van der Waals surface area contributed by atoms with Crippen LogP contribution in [0.5, 0.6) is 0 Å². The number of carbonyl (C=O) groups is 1. The van der Waals surface area contributed by atoms with Crippen molar-refractivity contribution in [3.63, 3.8) is 0 Å². The van der Waals surface area contributed by atoms with Crippen LogP contribution in [0.25, 0.3) is 10.6 Å². The molecule has 2 aliphatic rings. The predicted molar refractivity (Wildman–Crippen MR) is 119 cm³/mol. The van der Waals surface area contributed by atoms with E-state index in [0.717, 1.165) is 69.4 Å². The number of nitrogens with zero attached hydrogens (tertiary/aromatic N) is 4. The molecule has 0 saturated carbocycles. The number of rotatable bonds is 5. The van der Waals surface area contributed by atoms with E-state index >= 15 is 0 Å². The molecule has 0 spiro atoms. The number of aromatic nitrogens is 1. The number of hydrogen-bond acceptors (Lipinski definition) is 5. The summed E-state index contributed by atoms with van der Waals surface area (Å²) in [5, 5.41) is 1.11. The molecule has 0 aliphatic carbocycles.